The van der Waals surface area contributed by atoms with Crippen LogP contribution in [0.2, 0.25) is 0 Å². The third kappa shape index (κ3) is 3.95. The maximum Gasteiger partial charge on any atom is 0.123 e. The fraction of sp³-hybridized carbons (Fsp3) is 0.625. The van der Waals surface area contributed by atoms with E-state index in [9.17, 15) is 0 Å². The van der Waals surface area contributed by atoms with Crippen molar-refractivity contribution in [3.63, 3.8) is 0 Å². The molecule has 0 spiro atoms. The van der Waals surface area contributed by atoms with Gasteiger partial charge in [-0.05, 0) is 37.1 Å². The number of nitrogens with zero attached hydrogens (tertiary/aromatic N) is 1. The second kappa shape index (κ2) is 7.62. The highest BCUT2D eigenvalue weighted by Crippen LogP contribution is 2.22. The summed E-state index contributed by atoms with van der Waals surface area (Å²) < 4.78 is 11.2. The minimum absolute atomic E-state index is 0.388. The van der Waals surface area contributed by atoms with Crippen LogP contribution in [-0.2, 0) is 17.8 Å². The van der Waals surface area contributed by atoms with E-state index < -0.39 is 0 Å². The largest absolute Gasteiger partial charge is 0.496 e. The molecule has 4 heteroatoms. The maximum atomic E-state index is 5.73. The quantitative estimate of drug-likeness (QED) is 0.830. The van der Waals surface area contributed by atoms with Gasteiger partial charge in [0.1, 0.15) is 5.75 Å². The van der Waals surface area contributed by atoms with Gasteiger partial charge in [-0.25, -0.2) is 0 Å². The van der Waals surface area contributed by atoms with Crippen LogP contribution in [0.5, 0.6) is 5.75 Å². The zero-order valence-electron chi connectivity index (χ0n) is 12.6. The number of nitrogens with two attached hydrogens (primary N) is 1. The zero-order chi connectivity index (χ0) is 14.4. The van der Waals surface area contributed by atoms with Crippen LogP contribution < -0.4 is 10.5 Å². The van der Waals surface area contributed by atoms with Crippen LogP contribution >= 0.6 is 0 Å². The zero-order valence-corrected chi connectivity index (χ0v) is 12.6. The van der Waals surface area contributed by atoms with Crippen molar-refractivity contribution in [1.29, 1.82) is 0 Å². The topological polar surface area (TPSA) is 47.7 Å². The first-order valence-electron chi connectivity index (χ1n) is 7.46. The van der Waals surface area contributed by atoms with Crippen molar-refractivity contribution in [3.8, 4) is 5.75 Å². The number of benzene rings is 1. The van der Waals surface area contributed by atoms with Gasteiger partial charge >= 0.3 is 0 Å². The minimum Gasteiger partial charge on any atom is -0.496 e. The first kappa shape index (κ1) is 15.3. The third-order valence-electron chi connectivity index (χ3n) is 3.91. The summed E-state index contributed by atoms with van der Waals surface area (Å²) in [5, 5.41) is 0. The number of hydrogen-bond acceptors (Lipinski definition) is 4. The van der Waals surface area contributed by atoms with E-state index in [1.54, 1.807) is 7.11 Å². The van der Waals surface area contributed by atoms with E-state index in [0.717, 1.165) is 37.6 Å². The van der Waals surface area contributed by atoms with Gasteiger partial charge in [-0.2, -0.15) is 0 Å². The predicted molar refractivity (Wildman–Crippen MR) is 80.8 cm³/mol. The van der Waals surface area contributed by atoms with Crippen molar-refractivity contribution in [2.75, 3.05) is 26.8 Å². The summed E-state index contributed by atoms with van der Waals surface area (Å²) in [6.45, 7) is 6.55. The summed E-state index contributed by atoms with van der Waals surface area (Å²) in [4.78, 5) is 2.41. The van der Waals surface area contributed by atoms with Crippen LogP contribution in [0.3, 0.4) is 0 Å². The van der Waals surface area contributed by atoms with Gasteiger partial charge < -0.3 is 15.2 Å². The Labute approximate surface area is 121 Å². The Kier molecular flexibility index (Phi) is 5.83. The van der Waals surface area contributed by atoms with E-state index >= 15 is 0 Å². The highest BCUT2D eigenvalue weighted by molar-refractivity contribution is 5.37. The lowest BCUT2D eigenvalue weighted by atomic mass is 10.1. The summed E-state index contributed by atoms with van der Waals surface area (Å²) in [6.07, 6.45) is 2.75. The van der Waals surface area contributed by atoms with Gasteiger partial charge in [-0.3, -0.25) is 4.90 Å². The molecule has 0 radical (unpaired) electrons. The second-order valence-electron chi connectivity index (χ2n) is 5.31. The molecule has 4 nitrogen and oxygen atoms in total. The van der Waals surface area contributed by atoms with Crippen molar-refractivity contribution in [2.24, 2.45) is 5.73 Å². The molecule has 0 aromatic heterocycles. The highest BCUT2D eigenvalue weighted by atomic mass is 16.5. The van der Waals surface area contributed by atoms with Crippen molar-refractivity contribution in [1.82, 2.24) is 4.90 Å². The SMILES string of the molecule is CCN(Cc1cc(CN)ccc1OC)CC1CCCO1. The number of methoxy groups -OCH3 is 1. The molecule has 0 aliphatic carbocycles. The van der Waals surface area contributed by atoms with Crippen LogP contribution in [0.15, 0.2) is 18.2 Å². The number of likely N-dealkylation sites (N-methyl/N-ethyl adjacent to an activating group) is 1. The summed E-state index contributed by atoms with van der Waals surface area (Å²) in [5.41, 5.74) is 8.08. The Bertz CT molecular complexity index is 417. The molecular formula is C16H26N2O2. The lowest BCUT2D eigenvalue weighted by Crippen LogP contribution is -2.31. The first-order valence-corrected chi connectivity index (χ1v) is 7.46. The third-order valence-corrected chi connectivity index (χ3v) is 3.91. The lowest BCUT2D eigenvalue weighted by Gasteiger charge is -2.24. The van der Waals surface area contributed by atoms with Crippen LogP contribution in [0, 0.1) is 0 Å². The molecule has 1 unspecified atom stereocenters. The molecule has 1 heterocycles. The molecule has 1 saturated heterocycles. The molecule has 2 rings (SSSR count). The van der Waals surface area contributed by atoms with Crippen LogP contribution in [0.4, 0.5) is 0 Å². The van der Waals surface area contributed by atoms with E-state index in [-0.39, 0.29) is 0 Å². The monoisotopic (exact) mass is 278 g/mol. The molecule has 2 N–H and O–H groups in total. The van der Waals surface area contributed by atoms with Gasteiger partial charge in [0.15, 0.2) is 0 Å². The Morgan fingerprint density at radius 1 is 1.45 bits per heavy atom. The van der Waals surface area contributed by atoms with E-state index in [2.05, 4.69) is 17.9 Å². The van der Waals surface area contributed by atoms with Gasteiger partial charge in [0.05, 0.1) is 13.2 Å². The Hall–Kier alpha value is -1.10. The van der Waals surface area contributed by atoms with Crippen molar-refractivity contribution in [3.05, 3.63) is 29.3 Å². The standard InChI is InChI=1S/C16H26N2O2/c1-3-18(12-15-5-4-8-20-15)11-14-9-13(10-17)6-7-16(14)19-2/h6-7,9,15H,3-5,8,10-12,17H2,1-2H3. The molecule has 1 aromatic carbocycles. The molecule has 0 amide bonds. The van der Waals surface area contributed by atoms with Gasteiger partial charge in [0.25, 0.3) is 0 Å². The molecule has 1 fully saturated rings. The second-order valence-corrected chi connectivity index (χ2v) is 5.31. The van der Waals surface area contributed by atoms with E-state index in [0.29, 0.717) is 12.6 Å². The molecule has 1 atom stereocenters. The summed E-state index contributed by atoms with van der Waals surface area (Å²) in [6, 6.07) is 6.19. The molecule has 1 aliphatic heterocycles. The average molecular weight is 278 g/mol. The van der Waals surface area contributed by atoms with Gasteiger partial charge in [0, 0.05) is 31.8 Å². The summed E-state index contributed by atoms with van der Waals surface area (Å²) >= 11 is 0. The molecule has 1 aromatic rings. The molecule has 112 valence electrons. The number of hydrogen-bond donors (Lipinski definition) is 1. The van der Waals surface area contributed by atoms with Crippen molar-refractivity contribution >= 4 is 0 Å². The predicted octanol–water partition coefficient (Wildman–Crippen LogP) is 2.15. The fourth-order valence-electron chi connectivity index (χ4n) is 2.71. The van der Waals surface area contributed by atoms with Crippen molar-refractivity contribution < 1.29 is 9.47 Å². The van der Waals surface area contributed by atoms with Crippen LogP contribution in [0.1, 0.15) is 30.9 Å². The van der Waals surface area contributed by atoms with Crippen LogP contribution in [-0.4, -0.2) is 37.8 Å². The molecule has 20 heavy (non-hydrogen) atoms. The van der Waals surface area contributed by atoms with E-state index in [1.807, 2.05) is 12.1 Å². The Morgan fingerprint density at radius 2 is 2.30 bits per heavy atom. The number of ether oxygens (including phenoxy) is 2. The van der Waals surface area contributed by atoms with E-state index in [1.165, 1.54) is 18.4 Å². The smallest absolute Gasteiger partial charge is 0.123 e. The van der Waals surface area contributed by atoms with Crippen molar-refractivity contribution in [2.45, 2.75) is 39.0 Å². The molecule has 0 bridgehead atoms. The maximum absolute atomic E-state index is 5.73. The normalized spacial score (nSPS) is 18.7. The van der Waals surface area contributed by atoms with Gasteiger partial charge in [0.2, 0.25) is 0 Å². The summed E-state index contributed by atoms with van der Waals surface area (Å²) in [7, 11) is 1.72. The van der Waals surface area contributed by atoms with Gasteiger partial charge in [-0.1, -0.05) is 13.0 Å². The molecule has 0 saturated carbocycles. The Morgan fingerprint density at radius 3 is 2.90 bits per heavy atom. The van der Waals surface area contributed by atoms with Crippen LogP contribution in [0.25, 0.3) is 0 Å². The lowest BCUT2D eigenvalue weighted by molar-refractivity contribution is 0.0722. The van der Waals surface area contributed by atoms with Gasteiger partial charge in [-0.15, -0.1) is 0 Å². The number of rotatable bonds is 7. The fourth-order valence-corrected chi connectivity index (χ4v) is 2.71. The highest BCUT2D eigenvalue weighted by Gasteiger charge is 2.19. The first-order chi connectivity index (χ1) is 9.76. The molecule has 1 aliphatic rings. The van der Waals surface area contributed by atoms with E-state index in [4.69, 9.17) is 15.2 Å². The minimum atomic E-state index is 0.388. The summed E-state index contributed by atoms with van der Waals surface area (Å²) in [5.74, 6) is 0.938. The average Bonchev–Trinajstić information content (AvgIpc) is 2.99. The Balaban J connectivity index is 2.04. The molecular weight excluding hydrogens is 252 g/mol.